The second-order valence-corrected chi connectivity index (χ2v) is 8.26. The second-order valence-electron chi connectivity index (χ2n) is 6.32. The summed E-state index contributed by atoms with van der Waals surface area (Å²) in [6, 6.07) is 6.73. The molecule has 0 heterocycles. The minimum absolute atomic E-state index is 0.0233. The van der Waals surface area contributed by atoms with E-state index < -0.39 is 33.6 Å². The molecule has 0 spiro atoms. The maximum absolute atomic E-state index is 13.5. The second kappa shape index (κ2) is 9.32. The Hall–Kier alpha value is -2.52. The Morgan fingerprint density at radius 2 is 1.76 bits per heavy atom. The lowest BCUT2D eigenvalue weighted by Crippen LogP contribution is -2.31. The van der Waals surface area contributed by atoms with Crippen molar-refractivity contribution in [3.63, 3.8) is 0 Å². The zero-order valence-electron chi connectivity index (χ0n) is 16.7. The van der Waals surface area contributed by atoms with E-state index in [9.17, 15) is 22.0 Å². The number of methoxy groups -OCH3 is 1. The topological polar surface area (TPSA) is 75.7 Å². The molecule has 0 aliphatic heterocycles. The smallest absolute Gasteiger partial charge is 0.255 e. The molecule has 0 saturated heterocycles. The molecule has 1 unspecified atom stereocenters. The van der Waals surface area contributed by atoms with Crippen molar-refractivity contribution in [1.29, 1.82) is 0 Å². The van der Waals surface area contributed by atoms with Gasteiger partial charge < -0.3 is 10.1 Å². The van der Waals surface area contributed by atoms with Crippen molar-refractivity contribution in [2.45, 2.75) is 31.7 Å². The summed E-state index contributed by atoms with van der Waals surface area (Å²) in [4.78, 5) is 12.7. The zero-order valence-corrected chi connectivity index (χ0v) is 17.5. The van der Waals surface area contributed by atoms with Gasteiger partial charge >= 0.3 is 0 Å². The van der Waals surface area contributed by atoms with E-state index >= 15 is 0 Å². The molecule has 2 aromatic carbocycles. The highest BCUT2D eigenvalue weighted by Gasteiger charge is 2.25. The quantitative estimate of drug-likeness (QED) is 0.701. The Balaban J connectivity index is 2.36. The molecule has 1 atom stereocenters. The SMILES string of the molecule is CCN(CC)S(=O)(=O)c1ccc(OC)c(C(=O)NC(C)c2ccc(F)c(F)c2)c1. The first-order valence-electron chi connectivity index (χ1n) is 9.09. The Morgan fingerprint density at radius 1 is 1.10 bits per heavy atom. The molecule has 2 aromatic rings. The van der Waals surface area contributed by atoms with Gasteiger partial charge in [0.25, 0.3) is 5.91 Å². The molecule has 6 nitrogen and oxygen atoms in total. The van der Waals surface area contributed by atoms with Crippen LogP contribution in [-0.4, -0.2) is 38.8 Å². The molecular weight excluding hydrogens is 402 g/mol. The summed E-state index contributed by atoms with van der Waals surface area (Å²) in [6.07, 6.45) is 0. The van der Waals surface area contributed by atoms with Crippen LogP contribution in [0.15, 0.2) is 41.3 Å². The van der Waals surface area contributed by atoms with E-state index in [4.69, 9.17) is 4.74 Å². The van der Waals surface area contributed by atoms with Gasteiger partial charge in [0.05, 0.1) is 23.6 Å². The van der Waals surface area contributed by atoms with Crippen molar-refractivity contribution >= 4 is 15.9 Å². The molecule has 0 aromatic heterocycles. The molecule has 0 bridgehead atoms. The first kappa shape index (κ1) is 22.8. The molecule has 0 aliphatic carbocycles. The molecule has 0 saturated carbocycles. The summed E-state index contributed by atoms with van der Waals surface area (Å²) in [5.41, 5.74) is 0.387. The molecule has 0 aliphatic rings. The van der Waals surface area contributed by atoms with Gasteiger partial charge in [0.1, 0.15) is 5.75 Å². The van der Waals surface area contributed by atoms with Gasteiger partial charge in [-0.05, 0) is 42.8 Å². The van der Waals surface area contributed by atoms with Gasteiger partial charge in [0.15, 0.2) is 11.6 Å². The molecule has 1 amide bonds. The van der Waals surface area contributed by atoms with Crippen LogP contribution in [0.5, 0.6) is 5.75 Å². The fourth-order valence-corrected chi connectivity index (χ4v) is 4.36. The van der Waals surface area contributed by atoms with Crippen molar-refractivity contribution < 1.29 is 26.7 Å². The first-order chi connectivity index (χ1) is 13.6. The number of halogens is 2. The van der Waals surface area contributed by atoms with Gasteiger partial charge in [-0.3, -0.25) is 4.79 Å². The van der Waals surface area contributed by atoms with Crippen molar-refractivity contribution in [3.8, 4) is 5.75 Å². The number of carbonyl (C=O) groups excluding carboxylic acids is 1. The van der Waals surface area contributed by atoms with Gasteiger partial charge in [-0.15, -0.1) is 0 Å². The number of amides is 1. The van der Waals surface area contributed by atoms with Crippen LogP contribution in [0.1, 0.15) is 42.7 Å². The molecule has 9 heteroatoms. The van der Waals surface area contributed by atoms with Gasteiger partial charge in [0, 0.05) is 13.1 Å². The summed E-state index contributed by atoms with van der Waals surface area (Å²) in [7, 11) is -2.40. The van der Waals surface area contributed by atoms with Crippen molar-refractivity contribution in [1.82, 2.24) is 9.62 Å². The van der Waals surface area contributed by atoms with Crippen molar-refractivity contribution in [3.05, 3.63) is 59.2 Å². The highest BCUT2D eigenvalue weighted by Crippen LogP contribution is 2.26. The average molecular weight is 426 g/mol. The third-order valence-electron chi connectivity index (χ3n) is 4.55. The fourth-order valence-electron chi connectivity index (χ4n) is 2.88. The van der Waals surface area contributed by atoms with Gasteiger partial charge in [-0.2, -0.15) is 4.31 Å². The van der Waals surface area contributed by atoms with Crippen LogP contribution >= 0.6 is 0 Å². The fraction of sp³-hybridized carbons (Fsp3) is 0.350. The van der Waals surface area contributed by atoms with E-state index in [0.29, 0.717) is 18.7 Å². The Kier molecular flexibility index (Phi) is 7.32. The summed E-state index contributed by atoms with van der Waals surface area (Å²) < 4.78 is 58.6. The number of carbonyl (C=O) groups is 1. The Morgan fingerprint density at radius 3 is 2.31 bits per heavy atom. The molecule has 158 valence electrons. The van der Waals surface area contributed by atoms with Gasteiger partial charge in [-0.25, -0.2) is 17.2 Å². The summed E-state index contributed by atoms with van der Waals surface area (Å²) in [5, 5.41) is 2.65. The van der Waals surface area contributed by atoms with E-state index in [1.54, 1.807) is 20.8 Å². The lowest BCUT2D eigenvalue weighted by Gasteiger charge is -2.20. The summed E-state index contributed by atoms with van der Waals surface area (Å²) >= 11 is 0. The molecular formula is C20H24F2N2O4S. The number of ether oxygens (including phenoxy) is 1. The maximum Gasteiger partial charge on any atom is 0.255 e. The number of benzene rings is 2. The van der Waals surface area contributed by atoms with Crippen molar-refractivity contribution in [2.24, 2.45) is 0 Å². The average Bonchev–Trinajstić information content (AvgIpc) is 2.70. The standard InChI is InChI=1S/C20H24F2N2O4S/c1-5-24(6-2)29(26,27)15-8-10-19(28-4)16(12-15)20(25)23-13(3)14-7-9-17(21)18(22)11-14/h7-13H,5-6H2,1-4H3,(H,23,25). The number of hydrogen-bond acceptors (Lipinski definition) is 4. The van der Waals surface area contributed by atoms with E-state index in [0.717, 1.165) is 12.1 Å². The van der Waals surface area contributed by atoms with Crippen LogP contribution in [0.25, 0.3) is 0 Å². The predicted molar refractivity (Wildman–Crippen MR) is 105 cm³/mol. The lowest BCUT2D eigenvalue weighted by molar-refractivity contribution is 0.0936. The van der Waals surface area contributed by atoms with Gasteiger partial charge in [-0.1, -0.05) is 19.9 Å². The van der Waals surface area contributed by atoms with E-state index in [1.807, 2.05) is 0 Å². The highest BCUT2D eigenvalue weighted by molar-refractivity contribution is 7.89. The highest BCUT2D eigenvalue weighted by atomic mass is 32.2. The third kappa shape index (κ3) is 4.91. The monoisotopic (exact) mass is 426 g/mol. The normalized spacial score (nSPS) is 12.7. The summed E-state index contributed by atoms with van der Waals surface area (Å²) in [5.74, 6) is -2.41. The van der Waals surface area contributed by atoms with E-state index in [1.165, 1.54) is 35.7 Å². The molecule has 2 rings (SSSR count). The van der Waals surface area contributed by atoms with Crippen LogP contribution < -0.4 is 10.1 Å². The maximum atomic E-state index is 13.5. The van der Waals surface area contributed by atoms with Crippen LogP contribution in [0, 0.1) is 11.6 Å². The lowest BCUT2D eigenvalue weighted by atomic mass is 10.1. The van der Waals surface area contributed by atoms with Crippen LogP contribution in [-0.2, 0) is 10.0 Å². The molecule has 1 N–H and O–H groups in total. The van der Waals surface area contributed by atoms with Gasteiger partial charge in [0.2, 0.25) is 10.0 Å². The minimum atomic E-state index is -3.77. The Bertz CT molecular complexity index is 992. The van der Waals surface area contributed by atoms with Crippen molar-refractivity contribution in [2.75, 3.05) is 20.2 Å². The summed E-state index contributed by atoms with van der Waals surface area (Å²) in [6.45, 7) is 5.63. The number of rotatable bonds is 8. The minimum Gasteiger partial charge on any atom is -0.496 e. The zero-order chi connectivity index (χ0) is 21.8. The van der Waals surface area contributed by atoms with Crippen LogP contribution in [0.2, 0.25) is 0 Å². The number of nitrogens with one attached hydrogen (secondary N) is 1. The molecule has 0 radical (unpaired) electrons. The van der Waals surface area contributed by atoms with Crippen LogP contribution in [0.3, 0.4) is 0 Å². The Labute approximate surface area is 169 Å². The molecule has 0 fully saturated rings. The first-order valence-corrected chi connectivity index (χ1v) is 10.5. The molecule has 29 heavy (non-hydrogen) atoms. The third-order valence-corrected chi connectivity index (χ3v) is 6.60. The number of hydrogen-bond donors (Lipinski definition) is 1. The van der Waals surface area contributed by atoms with E-state index in [-0.39, 0.29) is 16.2 Å². The van der Waals surface area contributed by atoms with E-state index in [2.05, 4.69) is 5.32 Å². The predicted octanol–water partition coefficient (Wildman–Crippen LogP) is 3.49. The number of sulfonamides is 1. The largest absolute Gasteiger partial charge is 0.496 e. The van der Waals surface area contributed by atoms with Crippen LogP contribution in [0.4, 0.5) is 8.78 Å². The number of nitrogens with zero attached hydrogens (tertiary/aromatic N) is 1.